The van der Waals surface area contributed by atoms with Gasteiger partial charge in [0.15, 0.2) is 0 Å². The Bertz CT molecular complexity index is 880. The van der Waals surface area contributed by atoms with Gasteiger partial charge in [0.1, 0.15) is 17.0 Å². The van der Waals surface area contributed by atoms with Crippen LogP contribution in [-0.2, 0) is 14.2 Å². The van der Waals surface area contributed by atoms with Crippen LogP contribution in [0.3, 0.4) is 0 Å². The Balaban J connectivity index is 1.87. The number of aryl methyl sites for hydroxylation is 1. The lowest BCUT2D eigenvalue weighted by molar-refractivity contribution is -0.0579. The van der Waals surface area contributed by atoms with Crippen LogP contribution in [0.1, 0.15) is 29.3 Å². The molecule has 1 aromatic carbocycles. The van der Waals surface area contributed by atoms with Gasteiger partial charge in [-0.2, -0.15) is 0 Å². The molecule has 4 rings (SSSR count). The maximum absolute atomic E-state index is 14.2. The fourth-order valence-electron chi connectivity index (χ4n) is 3.98. The van der Waals surface area contributed by atoms with E-state index in [4.69, 9.17) is 14.2 Å². The Morgan fingerprint density at radius 1 is 1.41 bits per heavy atom. The van der Waals surface area contributed by atoms with E-state index in [1.165, 1.54) is 18.3 Å². The van der Waals surface area contributed by atoms with Crippen molar-refractivity contribution in [3.8, 4) is 0 Å². The predicted octanol–water partition coefficient (Wildman–Crippen LogP) is 2.85. The highest BCUT2D eigenvalue weighted by Crippen LogP contribution is 2.36. The van der Waals surface area contributed by atoms with Gasteiger partial charge in [-0.05, 0) is 31.5 Å². The molecule has 0 saturated carbocycles. The summed E-state index contributed by atoms with van der Waals surface area (Å²) in [7, 11) is 0. The molecule has 6 nitrogen and oxygen atoms in total. The molecule has 2 aliphatic rings. The molecule has 1 aromatic heterocycles. The highest BCUT2D eigenvalue weighted by molar-refractivity contribution is 6.06. The van der Waals surface area contributed by atoms with Gasteiger partial charge in [-0.15, -0.1) is 0 Å². The third-order valence-electron chi connectivity index (χ3n) is 5.23. The number of pyridine rings is 1. The standard InChI is InChI=1S/C20H23FN2O4/c1-3-26-19(24)16-10-22-17-13(2)8-14(21)9-15(17)18(16)23-5-7-27-20(11-23)4-6-25-12-20/h8-10H,3-7,11-12H2,1-2H3. The number of benzene rings is 1. The number of fused-ring (bicyclic) bond motifs is 1. The second-order valence-corrected chi connectivity index (χ2v) is 7.12. The van der Waals surface area contributed by atoms with Gasteiger partial charge in [0, 0.05) is 37.7 Å². The molecule has 1 unspecified atom stereocenters. The van der Waals surface area contributed by atoms with Gasteiger partial charge in [0.25, 0.3) is 0 Å². The van der Waals surface area contributed by atoms with Crippen molar-refractivity contribution in [2.45, 2.75) is 25.9 Å². The molecule has 1 atom stereocenters. The molecule has 2 aromatic rings. The molecule has 27 heavy (non-hydrogen) atoms. The van der Waals surface area contributed by atoms with Crippen LogP contribution in [0.2, 0.25) is 0 Å². The van der Waals surface area contributed by atoms with Crippen LogP contribution >= 0.6 is 0 Å². The average molecular weight is 374 g/mol. The maximum Gasteiger partial charge on any atom is 0.341 e. The lowest BCUT2D eigenvalue weighted by Crippen LogP contribution is -2.52. The predicted molar refractivity (Wildman–Crippen MR) is 98.7 cm³/mol. The number of carbonyl (C=O) groups excluding carboxylic acids is 1. The van der Waals surface area contributed by atoms with Crippen molar-refractivity contribution < 1.29 is 23.4 Å². The molecule has 2 aliphatic heterocycles. The summed E-state index contributed by atoms with van der Waals surface area (Å²) in [5, 5.41) is 0.619. The van der Waals surface area contributed by atoms with Crippen LogP contribution in [0.5, 0.6) is 0 Å². The van der Waals surface area contributed by atoms with E-state index in [-0.39, 0.29) is 18.0 Å². The fourth-order valence-corrected chi connectivity index (χ4v) is 3.98. The molecule has 3 heterocycles. The minimum atomic E-state index is -0.452. The summed E-state index contributed by atoms with van der Waals surface area (Å²) in [5.74, 6) is -0.803. The Labute approximate surface area is 157 Å². The smallest absolute Gasteiger partial charge is 0.341 e. The first-order chi connectivity index (χ1) is 13.0. The number of esters is 1. The Morgan fingerprint density at radius 3 is 3.00 bits per heavy atom. The van der Waals surface area contributed by atoms with Gasteiger partial charge in [0.2, 0.25) is 0 Å². The molecule has 0 amide bonds. The van der Waals surface area contributed by atoms with E-state index in [0.29, 0.717) is 55.1 Å². The summed E-state index contributed by atoms with van der Waals surface area (Å²) < 4.78 is 31.0. The molecule has 7 heteroatoms. The summed E-state index contributed by atoms with van der Waals surface area (Å²) in [6.07, 6.45) is 2.34. The summed E-state index contributed by atoms with van der Waals surface area (Å²) in [6, 6.07) is 2.90. The van der Waals surface area contributed by atoms with Crippen LogP contribution in [0.15, 0.2) is 18.3 Å². The van der Waals surface area contributed by atoms with Gasteiger partial charge in [-0.25, -0.2) is 9.18 Å². The molecule has 2 fully saturated rings. The van der Waals surface area contributed by atoms with Gasteiger partial charge in [-0.3, -0.25) is 4.98 Å². The van der Waals surface area contributed by atoms with E-state index in [2.05, 4.69) is 9.88 Å². The molecular formula is C20H23FN2O4. The van der Waals surface area contributed by atoms with E-state index in [9.17, 15) is 9.18 Å². The van der Waals surface area contributed by atoms with Crippen molar-refractivity contribution in [3.05, 3.63) is 35.3 Å². The summed E-state index contributed by atoms with van der Waals surface area (Å²) in [6.45, 7) is 6.71. The lowest BCUT2D eigenvalue weighted by Gasteiger charge is -2.41. The van der Waals surface area contributed by atoms with Crippen molar-refractivity contribution in [1.29, 1.82) is 0 Å². The second-order valence-electron chi connectivity index (χ2n) is 7.12. The SMILES string of the molecule is CCOC(=O)c1cnc2c(C)cc(F)cc2c1N1CCOC2(CCOC2)C1. The lowest BCUT2D eigenvalue weighted by atomic mass is 9.98. The molecular weight excluding hydrogens is 351 g/mol. The molecule has 0 radical (unpaired) electrons. The number of aromatic nitrogens is 1. The minimum absolute atomic E-state index is 0.263. The molecule has 0 aliphatic carbocycles. The van der Waals surface area contributed by atoms with E-state index in [1.807, 2.05) is 6.92 Å². The molecule has 144 valence electrons. The maximum atomic E-state index is 14.2. The van der Waals surface area contributed by atoms with Crippen LogP contribution in [-0.4, -0.2) is 56.1 Å². The van der Waals surface area contributed by atoms with Crippen molar-refractivity contribution >= 4 is 22.6 Å². The average Bonchev–Trinajstić information content (AvgIpc) is 3.08. The van der Waals surface area contributed by atoms with E-state index >= 15 is 0 Å². The van der Waals surface area contributed by atoms with Crippen LogP contribution < -0.4 is 4.90 Å². The first-order valence-corrected chi connectivity index (χ1v) is 9.26. The first kappa shape index (κ1) is 18.1. The van der Waals surface area contributed by atoms with Gasteiger partial charge in [0.05, 0.1) is 31.0 Å². The van der Waals surface area contributed by atoms with Crippen LogP contribution in [0.4, 0.5) is 10.1 Å². The number of rotatable bonds is 3. The molecule has 0 bridgehead atoms. The number of carbonyl (C=O) groups is 1. The summed E-state index contributed by atoms with van der Waals surface area (Å²) in [4.78, 5) is 19.1. The zero-order chi connectivity index (χ0) is 19.0. The van der Waals surface area contributed by atoms with E-state index in [0.717, 1.165) is 12.0 Å². The molecule has 0 N–H and O–H groups in total. The topological polar surface area (TPSA) is 60.9 Å². The number of halogens is 1. The third-order valence-corrected chi connectivity index (χ3v) is 5.23. The van der Waals surface area contributed by atoms with Crippen molar-refractivity contribution in [2.24, 2.45) is 0 Å². The number of ether oxygens (including phenoxy) is 3. The highest BCUT2D eigenvalue weighted by Gasteiger charge is 2.41. The fraction of sp³-hybridized carbons (Fsp3) is 0.500. The third kappa shape index (κ3) is 3.26. The second kappa shape index (κ2) is 7.05. The summed E-state index contributed by atoms with van der Waals surface area (Å²) >= 11 is 0. The largest absolute Gasteiger partial charge is 0.462 e. The number of hydrogen-bond acceptors (Lipinski definition) is 6. The number of morpholine rings is 1. The van der Waals surface area contributed by atoms with Gasteiger partial charge >= 0.3 is 5.97 Å². The monoisotopic (exact) mass is 374 g/mol. The minimum Gasteiger partial charge on any atom is -0.462 e. The van der Waals surface area contributed by atoms with Crippen LogP contribution in [0.25, 0.3) is 10.9 Å². The van der Waals surface area contributed by atoms with E-state index < -0.39 is 5.97 Å². The quantitative estimate of drug-likeness (QED) is 0.770. The zero-order valence-electron chi connectivity index (χ0n) is 15.6. The number of anilines is 1. The summed E-state index contributed by atoms with van der Waals surface area (Å²) in [5.41, 5.74) is 2.04. The Kier molecular flexibility index (Phi) is 4.74. The Morgan fingerprint density at radius 2 is 2.26 bits per heavy atom. The van der Waals surface area contributed by atoms with E-state index in [1.54, 1.807) is 6.92 Å². The molecule has 1 spiro atoms. The Hall–Kier alpha value is -2.25. The van der Waals surface area contributed by atoms with Crippen molar-refractivity contribution in [3.63, 3.8) is 0 Å². The van der Waals surface area contributed by atoms with Crippen molar-refractivity contribution in [1.82, 2.24) is 4.98 Å². The zero-order valence-corrected chi connectivity index (χ0v) is 15.6. The number of nitrogens with zero attached hydrogens (tertiary/aromatic N) is 2. The molecule has 2 saturated heterocycles. The number of hydrogen-bond donors (Lipinski definition) is 0. The first-order valence-electron chi connectivity index (χ1n) is 9.26. The van der Waals surface area contributed by atoms with Crippen molar-refractivity contribution in [2.75, 3.05) is 44.4 Å². The van der Waals surface area contributed by atoms with Crippen LogP contribution in [0, 0.1) is 12.7 Å². The highest BCUT2D eigenvalue weighted by atomic mass is 19.1. The normalized spacial score (nSPS) is 22.6. The van der Waals surface area contributed by atoms with Gasteiger partial charge in [-0.1, -0.05) is 0 Å². The van der Waals surface area contributed by atoms with Gasteiger partial charge < -0.3 is 19.1 Å².